The number of ketones is 1. The van der Waals surface area contributed by atoms with Gasteiger partial charge in [0.05, 0.1) is 6.54 Å². The van der Waals surface area contributed by atoms with Crippen molar-refractivity contribution in [3.63, 3.8) is 0 Å². The minimum absolute atomic E-state index is 0.0749. The summed E-state index contributed by atoms with van der Waals surface area (Å²) < 4.78 is 0. The fourth-order valence-corrected chi connectivity index (χ4v) is 1.89. The first kappa shape index (κ1) is 11.2. The Morgan fingerprint density at radius 2 is 2.29 bits per heavy atom. The third-order valence-electron chi connectivity index (χ3n) is 2.71. The maximum atomic E-state index is 11.8. The number of rotatable bonds is 3. The number of amides is 1. The zero-order valence-corrected chi connectivity index (χ0v) is 9.08. The molecule has 0 N–H and O–H groups in total. The highest BCUT2D eigenvalue weighted by atomic mass is 16.2. The van der Waals surface area contributed by atoms with E-state index in [9.17, 15) is 9.59 Å². The molecule has 1 atom stereocenters. The molecule has 14 heavy (non-hydrogen) atoms. The Bertz CT molecular complexity index is 225. The largest absolute Gasteiger partial charge is 0.335 e. The van der Waals surface area contributed by atoms with Gasteiger partial charge in [0.1, 0.15) is 0 Å². The molecule has 0 spiro atoms. The molecule has 0 aromatic heterocycles. The molecule has 3 nitrogen and oxygen atoms in total. The monoisotopic (exact) mass is 197 g/mol. The Kier molecular flexibility index (Phi) is 4.11. The number of hydrogen-bond acceptors (Lipinski definition) is 2. The minimum Gasteiger partial charge on any atom is -0.335 e. The molecular formula is C11H19NO2. The van der Waals surface area contributed by atoms with Gasteiger partial charge in [-0.2, -0.15) is 0 Å². The second-order valence-electron chi connectivity index (χ2n) is 4.09. The summed E-state index contributed by atoms with van der Waals surface area (Å²) in [5, 5.41) is 0. The van der Waals surface area contributed by atoms with Gasteiger partial charge in [-0.1, -0.05) is 20.3 Å². The summed E-state index contributed by atoms with van der Waals surface area (Å²) in [5.41, 5.74) is 0. The van der Waals surface area contributed by atoms with E-state index >= 15 is 0 Å². The van der Waals surface area contributed by atoms with Crippen LogP contribution in [0, 0.1) is 5.92 Å². The maximum Gasteiger partial charge on any atom is 0.225 e. The molecule has 1 aliphatic heterocycles. The molecule has 0 aromatic carbocycles. The van der Waals surface area contributed by atoms with Crippen LogP contribution in [0.5, 0.6) is 0 Å². The van der Waals surface area contributed by atoms with Crippen molar-refractivity contribution < 1.29 is 9.59 Å². The van der Waals surface area contributed by atoms with Crippen molar-refractivity contribution >= 4 is 11.7 Å². The summed E-state index contributed by atoms with van der Waals surface area (Å²) in [6.07, 6.45) is 3.42. The number of carbonyl (C=O) groups excluding carboxylic acids is 2. The van der Waals surface area contributed by atoms with Crippen molar-refractivity contribution in [2.24, 2.45) is 5.92 Å². The van der Waals surface area contributed by atoms with Crippen LogP contribution in [0.4, 0.5) is 0 Å². The zero-order valence-electron chi connectivity index (χ0n) is 9.08. The first-order chi connectivity index (χ1) is 6.65. The van der Waals surface area contributed by atoms with Gasteiger partial charge in [0.15, 0.2) is 5.78 Å². The summed E-state index contributed by atoms with van der Waals surface area (Å²) in [6, 6.07) is 0. The fourth-order valence-electron chi connectivity index (χ4n) is 1.89. The predicted molar refractivity (Wildman–Crippen MR) is 54.9 cm³/mol. The van der Waals surface area contributed by atoms with Crippen molar-refractivity contribution in [3.05, 3.63) is 0 Å². The van der Waals surface area contributed by atoms with E-state index in [2.05, 4.69) is 6.92 Å². The molecule has 0 radical (unpaired) electrons. The van der Waals surface area contributed by atoms with E-state index in [1.165, 1.54) is 0 Å². The number of Topliss-reactive ketones (excluding diaryl/α,β-unsaturated/α-hetero) is 1. The molecule has 1 rings (SSSR count). The molecule has 0 bridgehead atoms. The molecule has 0 aliphatic carbocycles. The highest BCUT2D eigenvalue weighted by molar-refractivity contribution is 5.87. The van der Waals surface area contributed by atoms with Crippen LogP contribution < -0.4 is 0 Å². The van der Waals surface area contributed by atoms with Gasteiger partial charge < -0.3 is 4.90 Å². The van der Waals surface area contributed by atoms with Gasteiger partial charge in [-0.15, -0.1) is 0 Å². The van der Waals surface area contributed by atoms with E-state index in [0.29, 0.717) is 13.0 Å². The van der Waals surface area contributed by atoms with Crippen molar-refractivity contribution in [2.45, 2.75) is 39.5 Å². The van der Waals surface area contributed by atoms with Crippen LogP contribution in [-0.4, -0.2) is 29.7 Å². The van der Waals surface area contributed by atoms with Crippen LogP contribution in [-0.2, 0) is 9.59 Å². The molecule has 1 heterocycles. The van der Waals surface area contributed by atoms with Gasteiger partial charge in [-0.05, 0) is 12.8 Å². The van der Waals surface area contributed by atoms with Gasteiger partial charge in [-0.3, -0.25) is 9.59 Å². The lowest BCUT2D eigenvalue weighted by molar-refractivity contribution is -0.140. The Balaban J connectivity index is 2.46. The van der Waals surface area contributed by atoms with Crippen LogP contribution in [0.3, 0.4) is 0 Å². The van der Waals surface area contributed by atoms with Crippen LogP contribution in [0.1, 0.15) is 39.5 Å². The van der Waals surface area contributed by atoms with E-state index in [0.717, 1.165) is 25.8 Å². The van der Waals surface area contributed by atoms with Crippen LogP contribution >= 0.6 is 0 Å². The predicted octanol–water partition coefficient (Wildman–Crippen LogP) is 1.61. The summed E-state index contributed by atoms with van der Waals surface area (Å²) in [4.78, 5) is 24.7. The number of carbonyl (C=O) groups is 2. The lowest BCUT2D eigenvalue weighted by atomic mass is 10.0. The van der Waals surface area contributed by atoms with Crippen molar-refractivity contribution in [1.82, 2.24) is 4.90 Å². The van der Waals surface area contributed by atoms with Gasteiger partial charge in [0.25, 0.3) is 0 Å². The van der Waals surface area contributed by atoms with Crippen molar-refractivity contribution in [2.75, 3.05) is 13.1 Å². The number of hydrogen-bond donors (Lipinski definition) is 0. The lowest BCUT2D eigenvalue weighted by Gasteiger charge is -2.28. The smallest absolute Gasteiger partial charge is 0.225 e. The van der Waals surface area contributed by atoms with Crippen molar-refractivity contribution in [3.8, 4) is 0 Å². The quantitative estimate of drug-likeness (QED) is 0.689. The summed E-state index contributed by atoms with van der Waals surface area (Å²) in [6.45, 7) is 5.13. The lowest BCUT2D eigenvalue weighted by Crippen LogP contribution is -2.42. The summed E-state index contributed by atoms with van der Waals surface area (Å²) in [5.74, 6) is 0.430. The minimum atomic E-state index is 0.0749. The van der Waals surface area contributed by atoms with E-state index < -0.39 is 0 Å². The summed E-state index contributed by atoms with van der Waals surface area (Å²) in [7, 11) is 0. The first-order valence-electron chi connectivity index (χ1n) is 5.45. The van der Waals surface area contributed by atoms with Gasteiger partial charge in [-0.25, -0.2) is 0 Å². The van der Waals surface area contributed by atoms with Gasteiger partial charge >= 0.3 is 0 Å². The normalized spacial score (nSPS) is 19.6. The molecule has 1 saturated heterocycles. The summed E-state index contributed by atoms with van der Waals surface area (Å²) >= 11 is 0. The molecule has 1 unspecified atom stereocenters. The highest BCUT2D eigenvalue weighted by Crippen LogP contribution is 2.13. The van der Waals surface area contributed by atoms with E-state index in [1.807, 2.05) is 6.92 Å². The van der Waals surface area contributed by atoms with Gasteiger partial charge in [0.2, 0.25) is 5.91 Å². The van der Waals surface area contributed by atoms with Crippen LogP contribution in [0.15, 0.2) is 0 Å². The Hall–Kier alpha value is -0.860. The van der Waals surface area contributed by atoms with Crippen molar-refractivity contribution in [1.29, 1.82) is 0 Å². The molecule has 80 valence electrons. The Morgan fingerprint density at radius 3 is 2.86 bits per heavy atom. The first-order valence-corrected chi connectivity index (χ1v) is 5.45. The molecular weight excluding hydrogens is 178 g/mol. The second kappa shape index (κ2) is 5.13. The Labute approximate surface area is 85.5 Å². The van der Waals surface area contributed by atoms with E-state index in [1.54, 1.807) is 4.90 Å². The SMILES string of the molecule is CCCC(C)C(=O)N1CCCC(=O)C1. The molecule has 1 aliphatic rings. The third kappa shape index (κ3) is 2.82. The maximum absolute atomic E-state index is 11.8. The zero-order chi connectivity index (χ0) is 10.6. The number of likely N-dealkylation sites (tertiary alicyclic amines) is 1. The van der Waals surface area contributed by atoms with Crippen LogP contribution in [0.2, 0.25) is 0 Å². The Morgan fingerprint density at radius 1 is 1.57 bits per heavy atom. The molecule has 0 saturated carbocycles. The average Bonchev–Trinajstić information content (AvgIpc) is 2.17. The average molecular weight is 197 g/mol. The fraction of sp³-hybridized carbons (Fsp3) is 0.818. The molecule has 1 amide bonds. The molecule has 3 heteroatoms. The topological polar surface area (TPSA) is 37.4 Å². The number of piperidine rings is 1. The molecule has 1 fully saturated rings. The van der Waals surface area contributed by atoms with E-state index in [4.69, 9.17) is 0 Å². The number of nitrogens with zero attached hydrogens (tertiary/aromatic N) is 1. The highest BCUT2D eigenvalue weighted by Gasteiger charge is 2.24. The second-order valence-corrected chi connectivity index (χ2v) is 4.09. The molecule has 0 aromatic rings. The standard InChI is InChI=1S/C11H19NO2/c1-3-5-9(2)11(14)12-7-4-6-10(13)8-12/h9H,3-8H2,1-2H3. The van der Waals surface area contributed by atoms with E-state index in [-0.39, 0.29) is 17.6 Å². The van der Waals surface area contributed by atoms with Gasteiger partial charge in [0, 0.05) is 18.9 Å². The third-order valence-corrected chi connectivity index (χ3v) is 2.71. The van der Waals surface area contributed by atoms with Crippen LogP contribution in [0.25, 0.3) is 0 Å².